The van der Waals surface area contributed by atoms with Crippen molar-refractivity contribution in [2.24, 2.45) is 0 Å². The number of carbonyl (C=O) groups excluding carboxylic acids is 1. The molecule has 25 heavy (non-hydrogen) atoms. The first-order valence-corrected chi connectivity index (χ1v) is 8.80. The smallest absolute Gasteiger partial charge is 0.257 e. The molecular weight excluding hydrogens is 316 g/mol. The molecule has 0 bridgehead atoms. The lowest BCUT2D eigenvalue weighted by Crippen LogP contribution is -2.33. The highest BCUT2D eigenvalue weighted by Crippen LogP contribution is 2.25. The molecule has 1 amide bonds. The van der Waals surface area contributed by atoms with Crippen molar-refractivity contribution in [3.05, 3.63) is 53.4 Å². The topological polar surface area (TPSA) is 71.3 Å². The Morgan fingerprint density at radius 1 is 1.24 bits per heavy atom. The summed E-state index contributed by atoms with van der Waals surface area (Å²) in [5.41, 5.74) is 2.81. The van der Waals surface area contributed by atoms with Crippen LogP contribution in [0.2, 0.25) is 0 Å². The van der Waals surface area contributed by atoms with Crippen LogP contribution in [0.3, 0.4) is 0 Å². The number of aromatic nitrogens is 2. The van der Waals surface area contributed by atoms with E-state index in [4.69, 9.17) is 4.42 Å². The third kappa shape index (κ3) is 3.29. The third-order valence-corrected chi connectivity index (χ3v) is 4.86. The maximum absolute atomic E-state index is 12.6. The Morgan fingerprint density at radius 3 is 2.80 bits per heavy atom. The van der Waals surface area contributed by atoms with Crippen LogP contribution in [0.5, 0.6) is 0 Å². The molecule has 2 aromatic rings. The van der Waals surface area contributed by atoms with E-state index in [0.29, 0.717) is 24.7 Å². The van der Waals surface area contributed by atoms with Crippen LogP contribution in [-0.4, -0.2) is 39.9 Å². The summed E-state index contributed by atoms with van der Waals surface area (Å²) in [7, 11) is 0. The summed E-state index contributed by atoms with van der Waals surface area (Å²) in [6.07, 6.45) is 11.0. The summed E-state index contributed by atoms with van der Waals surface area (Å²) in [5.74, 6) is 1.73. The minimum Gasteiger partial charge on any atom is -0.472 e. The van der Waals surface area contributed by atoms with Crippen molar-refractivity contribution in [1.82, 2.24) is 14.9 Å². The number of carbonyl (C=O) groups is 1. The molecule has 0 radical (unpaired) electrons. The second-order valence-corrected chi connectivity index (χ2v) is 6.63. The third-order valence-electron chi connectivity index (χ3n) is 4.86. The van der Waals surface area contributed by atoms with Gasteiger partial charge < -0.3 is 14.6 Å². The Balaban J connectivity index is 1.55. The zero-order valence-corrected chi connectivity index (χ0v) is 14.4. The predicted octanol–water partition coefficient (Wildman–Crippen LogP) is 2.75. The van der Waals surface area contributed by atoms with Gasteiger partial charge in [-0.25, -0.2) is 9.97 Å². The van der Waals surface area contributed by atoms with Gasteiger partial charge in [0.25, 0.3) is 5.91 Å². The standard InChI is InChI=1S/C19H22N4O2/c1-13-20-17-7-10-23(19(24)14-8-11-25-12-14)9-6-16(17)18(21-13)22-15-4-2-3-5-15/h2-3,8,11-12,15H,4-7,9-10H2,1H3,(H,20,21,22). The summed E-state index contributed by atoms with van der Waals surface area (Å²) < 4.78 is 5.04. The molecular formula is C19H22N4O2. The van der Waals surface area contributed by atoms with Crippen LogP contribution in [-0.2, 0) is 12.8 Å². The summed E-state index contributed by atoms with van der Waals surface area (Å²) in [4.78, 5) is 23.8. The normalized spacial score (nSPS) is 17.4. The molecule has 1 aliphatic heterocycles. The van der Waals surface area contributed by atoms with Crippen molar-refractivity contribution in [3.8, 4) is 0 Å². The number of rotatable bonds is 3. The number of nitrogens with one attached hydrogen (secondary N) is 1. The summed E-state index contributed by atoms with van der Waals surface area (Å²) in [5, 5.41) is 3.58. The van der Waals surface area contributed by atoms with Crippen LogP contribution in [0.15, 0.2) is 35.2 Å². The van der Waals surface area contributed by atoms with E-state index in [1.54, 1.807) is 6.07 Å². The Kier molecular flexibility index (Phi) is 4.26. The van der Waals surface area contributed by atoms with Crippen LogP contribution < -0.4 is 5.32 Å². The molecule has 0 unspecified atom stereocenters. The molecule has 1 aliphatic carbocycles. The lowest BCUT2D eigenvalue weighted by molar-refractivity contribution is 0.0762. The van der Waals surface area contributed by atoms with Crippen molar-refractivity contribution in [3.63, 3.8) is 0 Å². The number of hydrogen-bond donors (Lipinski definition) is 1. The summed E-state index contributed by atoms with van der Waals surface area (Å²) in [6, 6.07) is 2.12. The Morgan fingerprint density at radius 2 is 2.04 bits per heavy atom. The Hall–Kier alpha value is -2.63. The van der Waals surface area contributed by atoms with Crippen LogP contribution in [0.1, 0.15) is 40.3 Å². The zero-order chi connectivity index (χ0) is 17.2. The quantitative estimate of drug-likeness (QED) is 0.871. The molecule has 2 aliphatic rings. The summed E-state index contributed by atoms with van der Waals surface area (Å²) in [6.45, 7) is 3.26. The van der Waals surface area contributed by atoms with E-state index < -0.39 is 0 Å². The predicted molar refractivity (Wildman–Crippen MR) is 94.6 cm³/mol. The van der Waals surface area contributed by atoms with E-state index in [-0.39, 0.29) is 5.91 Å². The SMILES string of the molecule is Cc1nc2c(c(NC3CC=CC3)n1)CCN(C(=O)c1ccoc1)CC2. The highest BCUT2D eigenvalue weighted by atomic mass is 16.3. The second-order valence-electron chi connectivity index (χ2n) is 6.63. The van der Waals surface area contributed by atoms with Gasteiger partial charge in [0.15, 0.2) is 0 Å². The van der Waals surface area contributed by atoms with Crippen LogP contribution in [0.4, 0.5) is 5.82 Å². The first-order valence-electron chi connectivity index (χ1n) is 8.80. The van der Waals surface area contributed by atoms with Crippen LogP contribution in [0.25, 0.3) is 0 Å². The highest BCUT2D eigenvalue weighted by Gasteiger charge is 2.24. The van der Waals surface area contributed by atoms with E-state index in [1.807, 2.05) is 11.8 Å². The first-order chi connectivity index (χ1) is 12.2. The van der Waals surface area contributed by atoms with Gasteiger partial charge in [0, 0.05) is 31.1 Å². The highest BCUT2D eigenvalue weighted by molar-refractivity contribution is 5.93. The van der Waals surface area contributed by atoms with Crippen molar-refractivity contribution in [2.45, 2.75) is 38.6 Å². The van der Waals surface area contributed by atoms with Gasteiger partial charge in [0.2, 0.25) is 0 Å². The van der Waals surface area contributed by atoms with Gasteiger partial charge in [0.05, 0.1) is 17.5 Å². The summed E-state index contributed by atoms with van der Waals surface area (Å²) >= 11 is 0. The number of amides is 1. The number of hydrogen-bond acceptors (Lipinski definition) is 5. The minimum absolute atomic E-state index is 0.0146. The second kappa shape index (κ2) is 6.70. The number of anilines is 1. The van der Waals surface area contributed by atoms with Gasteiger partial charge in [-0.2, -0.15) is 0 Å². The number of nitrogens with zero attached hydrogens (tertiary/aromatic N) is 3. The molecule has 0 atom stereocenters. The average molecular weight is 338 g/mol. The zero-order valence-electron chi connectivity index (χ0n) is 14.4. The van der Waals surface area contributed by atoms with Crippen LogP contribution in [0, 0.1) is 6.92 Å². The molecule has 6 heteroatoms. The average Bonchev–Trinajstić information content (AvgIpc) is 3.26. The maximum Gasteiger partial charge on any atom is 0.257 e. The minimum atomic E-state index is 0.0146. The van der Waals surface area contributed by atoms with Crippen molar-refractivity contribution in [2.75, 3.05) is 18.4 Å². The Bertz CT molecular complexity index is 790. The fraction of sp³-hybridized carbons (Fsp3) is 0.421. The van der Waals surface area contributed by atoms with Crippen molar-refractivity contribution < 1.29 is 9.21 Å². The van der Waals surface area contributed by atoms with Gasteiger partial charge in [0.1, 0.15) is 17.9 Å². The molecule has 0 spiro atoms. The molecule has 0 saturated carbocycles. The van der Waals surface area contributed by atoms with Crippen molar-refractivity contribution in [1.29, 1.82) is 0 Å². The maximum atomic E-state index is 12.6. The molecule has 130 valence electrons. The van der Waals surface area contributed by atoms with E-state index in [0.717, 1.165) is 48.6 Å². The fourth-order valence-electron chi connectivity index (χ4n) is 3.54. The lowest BCUT2D eigenvalue weighted by atomic mass is 10.1. The molecule has 0 fully saturated rings. The van der Waals surface area contributed by atoms with Gasteiger partial charge in [-0.05, 0) is 32.3 Å². The largest absolute Gasteiger partial charge is 0.472 e. The van der Waals surface area contributed by atoms with E-state index in [9.17, 15) is 4.79 Å². The van der Waals surface area contributed by atoms with E-state index in [2.05, 4.69) is 27.4 Å². The van der Waals surface area contributed by atoms with Gasteiger partial charge >= 0.3 is 0 Å². The number of fused-ring (bicyclic) bond motifs is 1. The molecule has 6 nitrogen and oxygen atoms in total. The van der Waals surface area contributed by atoms with E-state index in [1.165, 1.54) is 12.5 Å². The first kappa shape index (κ1) is 15.9. The Labute approximate surface area is 147 Å². The van der Waals surface area contributed by atoms with Gasteiger partial charge in [-0.15, -0.1) is 0 Å². The van der Waals surface area contributed by atoms with Gasteiger partial charge in [-0.3, -0.25) is 4.79 Å². The number of aryl methyl sites for hydroxylation is 1. The molecule has 0 aromatic carbocycles. The fourth-order valence-corrected chi connectivity index (χ4v) is 3.54. The van der Waals surface area contributed by atoms with Gasteiger partial charge in [-0.1, -0.05) is 12.2 Å². The van der Waals surface area contributed by atoms with Crippen molar-refractivity contribution >= 4 is 11.7 Å². The van der Waals surface area contributed by atoms with E-state index >= 15 is 0 Å². The van der Waals surface area contributed by atoms with Crippen LogP contribution >= 0.6 is 0 Å². The molecule has 1 N–H and O–H groups in total. The molecule has 4 rings (SSSR count). The molecule has 3 heterocycles. The molecule has 2 aromatic heterocycles. The molecule has 0 saturated heterocycles. The lowest BCUT2D eigenvalue weighted by Gasteiger charge is -2.19. The monoisotopic (exact) mass is 338 g/mol. The number of furan rings is 1.